The summed E-state index contributed by atoms with van der Waals surface area (Å²) in [7, 11) is -3.20. The first-order valence-corrected chi connectivity index (χ1v) is 14.5. The molecule has 0 spiro atoms. The molecular formula is C23H28N8NaO6PS. The maximum atomic E-state index is 13.0. The average Bonchev–Trinajstić information content (AvgIpc) is 3.71. The number of carbonyl (C=O) groups is 1. The van der Waals surface area contributed by atoms with Gasteiger partial charge in [0.2, 0.25) is 0 Å². The number of carbonyl (C=O) groups excluding carboxylic acids is 1. The number of ether oxygens (including phenoxy) is 1. The zero-order valence-electron chi connectivity index (χ0n) is 22.2. The van der Waals surface area contributed by atoms with Crippen LogP contribution < -0.4 is 40.0 Å². The summed E-state index contributed by atoms with van der Waals surface area (Å²) < 4.78 is 20.8. The summed E-state index contributed by atoms with van der Waals surface area (Å²) in [6, 6.07) is 1.98. The van der Waals surface area contributed by atoms with Crippen LogP contribution in [-0.2, 0) is 13.8 Å². The second kappa shape index (κ2) is 15.1. The maximum absolute atomic E-state index is 13.0. The number of phosphoric ester groups is 1. The zero-order chi connectivity index (χ0) is 27.8. The van der Waals surface area contributed by atoms with Crippen LogP contribution in [0.2, 0.25) is 0 Å². The van der Waals surface area contributed by atoms with Gasteiger partial charge in [0.25, 0.3) is 5.91 Å². The van der Waals surface area contributed by atoms with E-state index in [-0.39, 0.29) is 41.5 Å². The van der Waals surface area contributed by atoms with E-state index in [2.05, 4.69) is 35.0 Å². The third-order valence-electron chi connectivity index (χ3n) is 5.86. The van der Waals surface area contributed by atoms with E-state index in [1.165, 1.54) is 11.3 Å². The van der Waals surface area contributed by atoms with Gasteiger partial charge in [-0.05, 0) is 38.7 Å². The maximum Gasteiger partial charge on any atom is 1.00 e. The Morgan fingerprint density at radius 1 is 1.25 bits per heavy atom. The minimum Gasteiger partial charge on any atom is -0.581 e. The number of rotatable bonds is 8. The van der Waals surface area contributed by atoms with E-state index < -0.39 is 7.82 Å². The van der Waals surface area contributed by atoms with Gasteiger partial charge in [0.1, 0.15) is 10.7 Å². The van der Waals surface area contributed by atoms with Gasteiger partial charge in [-0.3, -0.25) is 14.0 Å². The van der Waals surface area contributed by atoms with Gasteiger partial charge in [-0.15, -0.1) is 17.5 Å². The fourth-order valence-electron chi connectivity index (χ4n) is 4.00. The molecule has 4 aromatic rings. The number of thiazole rings is 1. The molecule has 17 heteroatoms. The Morgan fingerprint density at radius 2 is 1.95 bits per heavy atom. The number of phosphoric acid groups is 1. The van der Waals surface area contributed by atoms with Gasteiger partial charge < -0.3 is 30.0 Å². The van der Waals surface area contributed by atoms with Crippen LogP contribution in [-0.4, -0.2) is 65.3 Å². The Balaban J connectivity index is 0.000000570. The Kier molecular flexibility index (Phi) is 12.1. The van der Waals surface area contributed by atoms with Gasteiger partial charge >= 0.3 is 37.4 Å². The first-order chi connectivity index (χ1) is 18.8. The van der Waals surface area contributed by atoms with E-state index in [4.69, 9.17) is 19.6 Å². The molecule has 1 saturated carbocycles. The third-order valence-corrected chi connectivity index (χ3v) is 7.23. The van der Waals surface area contributed by atoms with Crippen molar-refractivity contribution in [2.75, 3.05) is 19.0 Å². The standard InChI is InChI=1S/C22H24N8O2S.CH5O4P.Na/c1-2-32-16-6-4-15(5-7-16)30-12-17(19(29-30)20-23-8-3-9-24-20)27-21(31)18-13-33-22(28-18)14-10-25-26-11-14;1-5-6(2,3)4;/h3,8-13,15-16H,2,4-7H2,1H3,(H2,25,26,27,28,31);1H3,(H2,2,3,4);/q;;+1/p-1. The van der Waals surface area contributed by atoms with Gasteiger partial charge in [-0.2, -0.15) is 5.10 Å². The molecule has 4 aromatic heterocycles. The van der Waals surface area contributed by atoms with Crippen LogP contribution in [0.15, 0.2) is 42.4 Å². The summed E-state index contributed by atoms with van der Waals surface area (Å²) in [5.41, 5.74) is 2.20. The molecule has 0 radical (unpaired) electrons. The van der Waals surface area contributed by atoms with Crippen molar-refractivity contribution >= 4 is 30.8 Å². The van der Waals surface area contributed by atoms with Crippen molar-refractivity contribution in [2.45, 2.75) is 44.8 Å². The molecule has 40 heavy (non-hydrogen) atoms. The van der Waals surface area contributed by atoms with Crippen molar-refractivity contribution in [1.29, 1.82) is 0 Å². The SMILES string of the molecule is CCOC1CCC(n2cc(NC(=O)c3csc(-c4cn[n-]c4)n3)c(-c3ncccn3)n2)CC1.COP(=O)(O)O.[Na+]. The molecule has 0 unspecified atom stereocenters. The molecule has 4 heterocycles. The topological polar surface area (TPSA) is 189 Å². The molecule has 1 aliphatic rings. The molecule has 0 aliphatic heterocycles. The van der Waals surface area contributed by atoms with Crippen molar-refractivity contribution in [3.05, 3.63) is 48.1 Å². The van der Waals surface area contributed by atoms with Crippen LogP contribution in [0, 0.1) is 0 Å². The largest absolute Gasteiger partial charge is 1.00 e. The van der Waals surface area contributed by atoms with Crippen LogP contribution in [0.5, 0.6) is 0 Å². The number of hydrogen-bond acceptors (Lipinski definition) is 10. The van der Waals surface area contributed by atoms with Crippen LogP contribution in [0.4, 0.5) is 5.69 Å². The van der Waals surface area contributed by atoms with E-state index in [0.29, 0.717) is 34.0 Å². The Bertz CT molecular complexity index is 1390. The molecule has 3 N–H and O–H groups in total. The summed E-state index contributed by atoms with van der Waals surface area (Å²) >= 11 is 1.37. The quantitative estimate of drug-likeness (QED) is 0.186. The minimum absolute atomic E-state index is 0. The fraction of sp³-hybridized carbons (Fsp3) is 0.391. The minimum atomic E-state index is -4.15. The van der Waals surface area contributed by atoms with Gasteiger partial charge in [0.05, 0.1) is 17.8 Å². The van der Waals surface area contributed by atoms with E-state index in [1.807, 2.05) is 17.8 Å². The van der Waals surface area contributed by atoms with Crippen molar-refractivity contribution in [3.8, 4) is 22.1 Å². The van der Waals surface area contributed by atoms with Crippen molar-refractivity contribution in [1.82, 2.24) is 34.9 Å². The second-order valence-electron chi connectivity index (χ2n) is 8.44. The van der Waals surface area contributed by atoms with Gasteiger partial charge in [0.15, 0.2) is 11.5 Å². The Morgan fingerprint density at radius 3 is 2.55 bits per heavy atom. The molecule has 0 aromatic carbocycles. The second-order valence-corrected chi connectivity index (χ2v) is 10.6. The molecule has 1 fully saturated rings. The summed E-state index contributed by atoms with van der Waals surface area (Å²) in [4.78, 5) is 41.5. The molecule has 5 rings (SSSR count). The fourth-order valence-corrected chi connectivity index (χ4v) is 4.78. The van der Waals surface area contributed by atoms with Crippen molar-refractivity contribution in [2.24, 2.45) is 0 Å². The van der Waals surface area contributed by atoms with Gasteiger partial charge in [0, 0.05) is 49.4 Å². The Hall–Kier alpha value is -2.33. The third kappa shape index (κ3) is 8.83. The van der Waals surface area contributed by atoms with Crippen LogP contribution in [0.25, 0.3) is 22.1 Å². The van der Waals surface area contributed by atoms with E-state index in [9.17, 15) is 9.36 Å². The normalized spacial score (nSPS) is 16.9. The molecule has 208 valence electrons. The van der Waals surface area contributed by atoms with Crippen LogP contribution in [0.3, 0.4) is 0 Å². The molecule has 1 aliphatic carbocycles. The first kappa shape index (κ1) is 32.2. The average molecular weight is 599 g/mol. The number of hydrogen-bond donors (Lipinski definition) is 3. The molecular weight excluding hydrogens is 570 g/mol. The predicted octanol–water partition coefficient (Wildman–Crippen LogP) is 0.318. The number of nitrogens with one attached hydrogen (secondary N) is 1. The van der Waals surface area contributed by atoms with Crippen LogP contribution in [0.1, 0.15) is 49.1 Å². The summed E-state index contributed by atoms with van der Waals surface area (Å²) in [6.45, 7) is 2.76. The number of aromatic nitrogens is 7. The summed E-state index contributed by atoms with van der Waals surface area (Å²) in [5.74, 6) is 0.143. The van der Waals surface area contributed by atoms with Crippen LogP contribution >= 0.6 is 19.2 Å². The Labute approximate surface area is 256 Å². The van der Waals surface area contributed by atoms with E-state index >= 15 is 0 Å². The summed E-state index contributed by atoms with van der Waals surface area (Å²) in [6.07, 6.45) is 12.7. The predicted molar refractivity (Wildman–Crippen MR) is 142 cm³/mol. The van der Waals surface area contributed by atoms with E-state index in [0.717, 1.165) is 45.0 Å². The van der Waals surface area contributed by atoms with Gasteiger partial charge in [-0.1, -0.05) is 0 Å². The van der Waals surface area contributed by atoms with Gasteiger partial charge in [-0.25, -0.2) is 19.5 Å². The number of nitrogens with zero attached hydrogens (tertiary/aromatic N) is 7. The molecule has 0 bridgehead atoms. The van der Waals surface area contributed by atoms with E-state index in [1.54, 1.807) is 36.2 Å². The first-order valence-electron chi connectivity index (χ1n) is 12.1. The molecule has 0 saturated heterocycles. The molecule has 0 atom stereocenters. The van der Waals surface area contributed by atoms with Crippen molar-refractivity contribution in [3.63, 3.8) is 0 Å². The van der Waals surface area contributed by atoms with Crippen molar-refractivity contribution < 1.29 is 58.0 Å². The zero-order valence-corrected chi connectivity index (χ0v) is 26.0. The smallest absolute Gasteiger partial charge is 0.581 e. The summed E-state index contributed by atoms with van der Waals surface area (Å²) in [5, 5.41) is 17.8. The molecule has 1 amide bonds. The molecule has 14 nitrogen and oxygen atoms in total. The number of anilines is 1. The number of amides is 1. The monoisotopic (exact) mass is 598 g/mol.